The number of carbonyl (C=O) groups is 2. The Bertz CT molecular complexity index is 679. The van der Waals surface area contributed by atoms with Crippen LogP contribution in [0.5, 0.6) is 0 Å². The zero-order chi connectivity index (χ0) is 18.9. The number of hydrogen-bond donors (Lipinski definition) is 1. The van der Waals surface area contributed by atoms with E-state index in [0.29, 0.717) is 37.6 Å². The molecule has 1 aromatic rings. The molecule has 2 saturated heterocycles. The van der Waals surface area contributed by atoms with E-state index in [4.69, 9.17) is 11.6 Å². The first-order chi connectivity index (χ1) is 12.4. The van der Waals surface area contributed by atoms with Crippen LogP contribution in [0, 0.1) is 0 Å². The number of likely N-dealkylation sites (tertiary alicyclic amines) is 1. The lowest BCUT2D eigenvalue weighted by Crippen LogP contribution is -2.67. The highest BCUT2D eigenvalue weighted by Crippen LogP contribution is 2.35. The zero-order valence-corrected chi connectivity index (χ0v) is 16.4. The molecule has 0 aromatic heterocycles. The molecule has 2 aliphatic heterocycles. The summed E-state index contributed by atoms with van der Waals surface area (Å²) in [6.07, 6.45) is 0.663. The van der Waals surface area contributed by atoms with Crippen molar-refractivity contribution >= 4 is 23.5 Å². The maximum atomic E-state index is 13.4. The van der Waals surface area contributed by atoms with Gasteiger partial charge in [0.15, 0.2) is 0 Å². The third-order valence-corrected chi connectivity index (χ3v) is 5.79. The monoisotopic (exact) mass is 378 g/mol. The molecule has 0 saturated carbocycles. The van der Waals surface area contributed by atoms with Crippen molar-refractivity contribution in [3.05, 3.63) is 34.9 Å². The number of hydrogen-bond acceptors (Lipinski definition) is 3. The van der Waals surface area contributed by atoms with Crippen molar-refractivity contribution in [3.8, 4) is 0 Å². The van der Waals surface area contributed by atoms with Gasteiger partial charge in [-0.05, 0) is 38.0 Å². The second-order valence-corrected chi connectivity index (χ2v) is 7.84. The van der Waals surface area contributed by atoms with Crippen molar-refractivity contribution in [3.63, 3.8) is 0 Å². The van der Waals surface area contributed by atoms with Crippen LogP contribution in [-0.4, -0.2) is 71.4 Å². The molecule has 3 rings (SSSR count). The molecule has 1 spiro atoms. The first-order valence-electron chi connectivity index (χ1n) is 9.14. The minimum atomic E-state index is -0.644. The summed E-state index contributed by atoms with van der Waals surface area (Å²) in [5.41, 5.74) is 0.479. The van der Waals surface area contributed by atoms with Crippen molar-refractivity contribution in [2.45, 2.75) is 38.4 Å². The maximum Gasteiger partial charge on any atom is 0.317 e. The molecule has 1 unspecified atom stereocenters. The number of benzene rings is 1. The van der Waals surface area contributed by atoms with Crippen molar-refractivity contribution in [2.24, 2.45) is 0 Å². The summed E-state index contributed by atoms with van der Waals surface area (Å²) in [6.45, 7) is 7.31. The third-order valence-electron chi connectivity index (χ3n) is 5.53. The SMILES string of the molecule is CNC(=O)N1CCC2(C1)C(=O)N(C(C)C)CCN2Cc1ccc(Cl)cc1. The van der Waals surface area contributed by atoms with Crippen LogP contribution in [0.25, 0.3) is 0 Å². The summed E-state index contributed by atoms with van der Waals surface area (Å²) < 4.78 is 0. The fourth-order valence-electron chi connectivity index (χ4n) is 4.04. The number of rotatable bonds is 3. The van der Waals surface area contributed by atoms with Gasteiger partial charge in [-0.3, -0.25) is 9.69 Å². The Morgan fingerprint density at radius 2 is 1.92 bits per heavy atom. The second kappa shape index (κ2) is 7.45. The van der Waals surface area contributed by atoms with Gasteiger partial charge in [0, 0.05) is 50.8 Å². The molecule has 1 atom stereocenters. The van der Waals surface area contributed by atoms with Crippen LogP contribution in [0.2, 0.25) is 5.02 Å². The zero-order valence-electron chi connectivity index (χ0n) is 15.7. The number of carbonyl (C=O) groups excluding carboxylic acids is 2. The van der Waals surface area contributed by atoms with E-state index < -0.39 is 5.54 Å². The maximum absolute atomic E-state index is 13.4. The summed E-state index contributed by atoms with van der Waals surface area (Å²) in [7, 11) is 1.63. The molecule has 6 nitrogen and oxygen atoms in total. The molecule has 1 N–H and O–H groups in total. The van der Waals surface area contributed by atoms with Crippen molar-refractivity contribution in [2.75, 3.05) is 33.2 Å². The normalized spacial score (nSPS) is 24.0. The fourth-order valence-corrected chi connectivity index (χ4v) is 4.16. The van der Waals surface area contributed by atoms with E-state index in [-0.39, 0.29) is 18.0 Å². The molecule has 0 aliphatic carbocycles. The van der Waals surface area contributed by atoms with Crippen LogP contribution < -0.4 is 5.32 Å². The quantitative estimate of drug-likeness (QED) is 0.877. The Morgan fingerprint density at radius 3 is 2.54 bits per heavy atom. The van der Waals surface area contributed by atoms with E-state index in [1.54, 1.807) is 11.9 Å². The molecule has 3 amide bonds. The Morgan fingerprint density at radius 1 is 1.23 bits per heavy atom. The Kier molecular flexibility index (Phi) is 5.44. The van der Waals surface area contributed by atoms with Gasteiger partial charge in [-0.1, -0.05) is 23.7 Å². The van der Waals surface area contributed by atoms with E-state index in [0.717, 1.165) is 12.1 Å². The highest BCUT2D eigenvalue weighted by molar-refractivity contribution is 6.30. The van der Waals surface area contributed by atoms with Crippen LogP contribution in [0.1, 0.15) is 25.8 Å². The first kappa shape index (κ1) is 19.0. The molecular weight excluding hydrogens is 352 g/mol. The molecule has 2 aliphatic rings. The Hall–Kier alpha value is -1.79. The molecule has 0 bridgehead atoms. The van der Waals surface area contributed by atoms with E-state index in [1.807, 2.05) is 43.0 Å². The van der Waals surface area contributed by atoms with Crippen molar-refractivity contribution < 1.29 is 9.59 Å². The molecule has 1 aromatic carbocycles. The highest BCUT2D eigenvalue weighted by atomic mass is 35.5. The van der Waals surface area contributed by atoms with E-state index in [9.17, 15) is 9.59 Å². The van der Waals surface area contributed by atoms with Gasteiger partial charge < -0.3 is 15.1 Å². The number of nitrogens with zero attached hydrogens (tertiary/aromatic N) is 3. The van der Waals surface area contributed by atoms with Gasteiger partial charge in [0.25, 0.3) is 0 Å². The highest BCUT2D eigenvalue weighted by Gasteiger charge is 2.54. The van der Waals surface area contributed by atoms with E-state index >= 15 is 0 Å². The summed E-state index contributed by atoms with van der Waals surface area (Å²) in [6, 6.07) is 7.79. The minimum absolute atomic E-state index is 0.122. The molecule has 2 heterocycles. The van der Waals surface area contributed by atoms with Crippen LogP contribution in [-0.2, 0) is 11.3 Å². The number of nitrogens with one attached hydrogen (secondary N) is 1. The number of halogens is 1. The number of amides is 3. The Balaban J connectivity index is 1.88. The standard InChI is InChI=1S/C19H27ClN4O2/c1-14(2)24-11-10-23(12-15-4-6-16(20)7-5-15)19(17(24)25)8-9-22(13-19)18(26)21-3/h4-7,14H,8-13H2,1-3H3,(H,21,26). The third kappa shape index (κ3) is 3.40. The lowest BCUT2D eigenvalue weighted by Gasteiger charge is -2.49. The summed E-state index contributed by atoms with van der Waals surface area (Å²) in [5.74, 6) is 0.138. The van der Waals surface area contributed by atoms with Gasteiger partial charge in [-0.15, -0.1) is 0 Å². The lowest BCUT2D eigenvalue weighted by molar-refractivity contribution is -0.153. The molecule has 0 radical (unpaired) electrons. The van der Waals surface area contributed by atoms with Crippen LogP contribution in [0.4, 0.5) is 4.79 Å². The van der Waals surface area contributed by atoms with Gasteiger partial charge in [0.2, 0.25) is 5.91 Å². The van der Waals surface area contributed by atoms with Crippen LogP contribution in [0.3, 0.4) is 0 Å². The van der Waals surface area contributed by atoms with Crippen molar-refractivity contribution in [1.82, 2.24) is 20.0 Å². The van der Waals surface area contributed by atoms with Gasteiger partial charge in [-0.25, -0.2) is 4.79 Å². The largest absolute Gasteiger partial charge is 0.341 e. The Labute approximate surface area is 160 Å². The second-order valence-electron chi connectivity index (χ2n) is 7.40. The smallest absolute Gasteiger partial charge is 0.317 e. The molecular formula is C19H27ClN4O2. The van der Waals surface area contributed by atoms with Crippen LogP contribution >= 0.6 is 11.6 Å². The molecule has 2 fully saturated rings. The summed E-state index contributed by atoms with van der Waals surface area (Å²) in [5, 5.41) is 3.38. The number of piperazine rings is 1. The van der Waals surface area contributed by atoms with E-state index in [1.165, 1.54) is 0 Å². The minimum Gasteiger partial charge on any atom is -0.341 e. The van der Waals surface area contributed by atoms with Crippen LogP contribution in [0.15, 0.2) is 24.3 Å². The molecule has 142 valence electrons. The average molecular weight is 379 g/mol. The van der Waals surface area contributed by atoms with Gasteiger partial charge in [0.05, 0.1) is 0 Å². The number of urea groups is 1. The fraction of sp³-hybridized carbons (Fsp3) is 0.579. The van der Waals surface area contributed by atoms with E-state index in [2.05, 4.69) is 10.2 Å². The predicted molar refractivity (Wildman–Crippen MR) is 102 cm³/mol. The summed E-state index contributed by atoms with van der Waals surface area (Å²) in [4.78, 5) is 31.5. The lowest BCUT2D eigenvalue weighted by atomic mass is 9.90. The first-order valence-corrected chi connectivity index (χ1v) is 9.52. The van der Waals surface area contributed by atoms with Crippen molar-refractivity contribution in [1.29, 1.82) is 0 Å². The molecule has 7 heteroatoms. The summed E-state index contributed by atoms with van der Waals surface area (Å²) >= 11 is 6.00. The molecule has 26 heavy (non-hydrogen) atoms. The van der Waals surface area contributed by atoms with Gasteiger partial charge >= 0.3 is 6.03 Å². The van der Waals surface area contributed by atoms with Gasteiger partial charge in [0.1, 0.15) is 5.54 Å². The topological polar surface area (TPSA) is 55.9 Å². The predicted octanol–water partition coefficient (Wildman–Crippen LogP) is 2.18. The van der Waals surface area contributed by atoms with Gasteiger partial charge in [-0.2, -0.15) is 0 Å². The average Bonchev–Trinajstić information content (AvgIpc) is 3.06.